The topological polar surface area (TPSA) is 97.5 Å². The number of nitrogens with two attached hydrogens (primary N) is 1. The number of hydrogen-bond donors (Lipinski definition) is 1. The third-order valence-corrected chi connectivity index (χ3v) is 7.83. The number of amides is 2. The fourth-order valence-electron chi connectivity index (χ4n) is 4.19. The van der Waals surface area contributed by atoms with E-state index in [1.807, 2.05) is 0 Å². The Hall–Kier alpha value is -2.74. The molecule has 2 atom stereocenters. The first-order valence-electron chi connectivity index (χ1n) is 10.9. The lowest BCUT2D eigenvalue weighted by Gasteiger charge is -2.46. The molecule has 1 aliphatic heterocycles. The number of hydrogen-bond acceptors (Lipinski definition) is 4. The van der Waals surface area contributed by atoms with Crippen molar-refractivity contribution in [2.24, 2.45) is 11.7 Å². The van der Waals surface area contributed by atoms with Gasteiger partial charge in [-0.05, 0) is 42.5 Å². The number of nitrogens with zero attached hydrogens (tertiary/aromatic N) is 1. The third kappa shape index (κ3) is 6.16. The van der Waals surface area contributed by atoms with E-state index in [2.05, 4.69) is 0 Å². The lowest BCUT2D eigenvalue weighted by atomic mass is 9.93. The van der Waals surface area contributed by atoms with Gasteiger partial charge in [-0.2, -0.15) is 0 Å². The van der Waals surface area contributed by atoms with E-state index in [9.17, 15) is 22.4 Å². The van der Waals surface area contributed by atoms with Crippen LogP contribution in [0.1, 0.15) is 43.2 Å². The van der Waals surface area contributed by atoms with Gasteiger partial charge in [-0.1, -0.05) is 55.3 Å². The van der Waals surface area contributed by atoms with E-state index in [-0.39, 0.29) is 23.9 Å². The standard InChI is InChI=1S/C24H29FN2O4S/c25-20-13-11-18(12-14-20)8-4-1-2-7-15-27-23(29)21(16-22(26)28)24(27)32(30,31)17-19-9-5-3-6-10-19/h3,5-6,9-14,21,24H,1-2,4,7-8,15-17H2,(H2,26,28). The molecule has 0 aromatic heterocycles. The van der Waals surface area contributed by atoms with Gasteiger partial charge in [0.2, 0.25) is 11.8 Å². The summed E-state index contributed by atoms with van der Waals surface area (Å²) >= 11 is 0. The second-order valence-electron chi connectivity index (χ2n) is 8.28. The van der Waals surface area contributed by atoms with Crippen molar-refractivity contribution in [1.29, 1.82) is 0 Å². The molecule has 2 aromatic rings. The molecule has 32 heavy (non-hydrogen) atoms. The largest absolute Gasteiger partial charge is 0.370 e. The van der Waals surface area contributed by atoms with Crippen LogP contribution in [0.3, 0.4) is 0 Å². The second-order valence-corrected chi connectivity index (χ2v) is 10.4. The van der Waals surface area contributed by atoms with Crippen LogP contribution in [0.2, 0.25) is 0 Å². The molecule has 1 saturated heterocycles. The monoisotopic (exact) mass is 460 g/mol. The number of rotatable bonds is 12. The Kier molecular flexibility index (Phi) is 8.01. The van der Waals surface area contributed by atoms with Crippen molar-refractivity contribution in [2.75, 3.05) is 6.54 Å². The highest BCUT2D eigenvalue weighted by molar-refractivity contribution is 7.91. The molecule has 1 aliphatic rings. The lowest BCUT2D eigenvalue weighted by Crippen LogP contribution is -2.65. The molecule has 8 heteroatoms. The fraction of sp³-hybridized carbons (Fsp3) is 0.417. The summed E-state index contributed by atoms with van der Waals surface area (Å²) in [6.07, 6.45) is 3.96. The molecule has 0 spiro atoms. The molecule has 0 aliphatic carbocycles. The minimum atomic E-state index is -3.67. The maximum atomic E-state index is 13.1. The number of carbonyl (C=O) groups excluding carboxylic acids is 2. The Morgan fingerprint density at radius 3 is 2.25 bits per heavy atom. The van der Waals surface area contributed by atoms with Gasteiger partial charge in [0.1, 0.15) is 11.2 Å². The molecular weight excluding hydrogens is 431 g/mol. The van der Waals surface area contributed by atoms with Crippen molar-refractivity contribution in [3.8, 4) is 0 Å². The van der Waals surface area contributed by atoms with Crippen molar-refractivity contribution < 1.29 is 22.4 Å². The number of carbonyl (C=O) groups is 2. The van der Waals surface area contributed by atoms with E-state index in [1.165, 1.54) is 17.0 Å². The van der Waals surface area contributed by atoms with Gasteiger partial charge in [0.05, 0.1) is 11.7 Å². The first kappa shape index (κ1) is 23.9. The summed E-state index contributed by atoms with van der Waals surface area (Å²) in [5.41, 5.74) is 6.97. The van der Waals surface area contributed by atoms with E-state index in [4.69, 9.17) is 5.73 Å². The summed E-state index contributed by atoms with van der Waals surface area (Å²) in [7, 11) is -3.67. The first-order chi connectivity index (χ1) is 15.3. The van der Waals surface area contributed by atoms with Crippen LogP contribution in [0.5, 0.6) is 0 Å². The van der Waals surface area contributed by atoms with Gasteiger partial charge in [-0.25, -0.2) is 12.8 Å². The summed E-state index contributed by atoms with van der Waals surface area (Å²) < 4.78 is 39.1. The predicted molar refractivity (Wildman–Crippen MR) is 120 cm³/mol. The summed E-state index contributed by atoms with van der Waals surface area (Å²) in [6.45, 7) is 0.337. The van der Waals surface area contributed by atoms with E-state index >= 15 is 0 Å². The normalized spacial score (nSPS) is 18.4. The molecular formula is C24H29FN2O4S. The zero-order valence-electron chi connectivity index (χ0n) is 18.0. The lowest BCUT2D eigenvalue weighted by molar-refractivity contribution is -0.153. The molecule has 6 nitrogen and oxygen atoms in total. The molecule has 1 fully saturated rings. The van der Waals surface area contributed by atoms with Crippen LogP contribution < -0.4 is 5.73 Å². The van der Waals surface area contributed by atoms with Crippen LogP contribution in [0.25, 0.3) is 0 Å². The highest BCUT2D eigenvalue weighted by Gasteiger charge is 2.54. The molecule has 172 valence electrons. The average molecular weight is 461 g/mol. The summed E-state index contributed by atoms with van der Waals surface area (Å²) in [6, 6.07) is 15.2. The van der Waals surface area contributed by atoms with E-state index < -0.39 is 27.0 Å². The number of β-lactam (4-membered cyclic amide) rings is 1. The quantitative estimate of drug-likeness (QED) is 0.388. The smallest absolute Gasteiger partial charge is 0.230 e. The Morgan fingerprint density at radius 1 is 0.938 bits per heavy atom. The minimum absolute atomic E-state index is 0.185. The third-order valence-electron chi connectivity index (χ3n) is 5.78. The Morgan fingerprint density at radius 2 is 1.59 bits per heavy atom. The first-order valence-corrected chi connectivity index (χ1v) is 12.6. The van der Waals surface area contributed by atoms with Gasteiger partial charge in [-0.15, -0.1) is 0 Å². The zero-order chi connectivity index (χ0) is 23.1. The summed E-state index contributed by atoms with van der Waals surface area (Å²) in [5, 5.41) is -1.01. The number of halogens is 1. The average Bonchev–Trinajstić information content (AvgIpc) is 2.75. The highest BCUT2D eigenvalue weighted by atomic mass is 32.2. The molecule has 0 saturated carbocycles. The second kappa shape index (κ2) is 10.7. The van der Waals surface area contributed by atoms with Crippen LogP contribution >= 0.6 is 0 Å². The molecule has 3 rings (SSSR count). The Balaban J connectivity index is 1.53. The SMILES string of the molecule is NC(=O)CC1C(=O)N(CCCCCCc2ccc(F)cc2)C1S(=O)(=O)Cc1ccccc1. The van der Waals surface area contributed by atoms with Crippen molar-refractivity contribution in [2.45, 2.75) is 49.7 Å². The van der Waals surface area contributed by atoms with Crippen molar-refractivity contribution >= 4 is 21.7 Å². The van der Waals surface area contributed by atoms with E-state index in [0.717, 1.165) is 31.2 Å². The van der Waals surface area contributed by atoms with Gasteiger partial charge in [0.15, 0.2) is 9.84 Å². The zero-order valence-corrected chi connectivity index (χ0v) is 18.8. The van der Waals surface area contributed by atoms with Crippen LogP contribution in [0, 0.1) is 11.7 Å². The van der Waals surface area contributed by atoms with Crippen LogP contribution in [-0.2, 0) is 31.6 Å². The number of primary amides is 1. The molecule has 2 N–H and O–H groups in total. The van der Waals surface area contributed by atoms with Crippen LogP contribution in [-0.4, -0.2) is 37.1 Å². The van der Waals surface area contributed by atoms with Crippen molar-refractivity contribution in [3.05, 3.63) is 71.5 Å². The predicted octanol–water partition coefficient (Wildman–Crippen LogP) is 3.20. The van der Waals surface area contributed by atoms with Gasteiger partial charge < -0.3 is 10.6 Å². The fourth-order valence-corrected chi connectivity index (χ4v) is 6.33. The molecule has 2 amide bonds. The van der Waals surface area contributed by atoms with Gasteiger partial charge in [0.25, 0.3) is 0 Å². The molecule has 1 heterocycles. The molecule has 2 unspecified atom stereocenters. The van der Waals surface area contributed by atoms with Crippen molar-refractivity contribution in [1.82, 2.24) is 4.90 Å². The van der Waals surface area contributed by atoms with Crippen LogP contribution in [0.4, 0.5) is 4.39 Å². The van der Waals surface area contributed by atoms with Gasteiger partial charge in [-0.3, -0.25) is 9.59 Å². The van der Waals surface area contributed by atoms with Crippen molar-refractivity contribution in [3.63, 3.8) is 0 Å². The number of sulfone groups is 1. The molecule has 2 aromatic carbocycles. The summed E-state index contributed by atoms with van der Waals surface area (Å²) in [4.78, 5) is 25.3. The van der Waals surface area contributed by atoms with E-state index in [0.29, 0.717) is 18.5 Å². The molecule has 0 bridgehead atoms. The number of benzene rings is 2. The van der Waals surface area contributed by atoms with Crippen LogP contribution in [0.15, 0.2) is 54.6 Å². The maximum absolute atomic E-state index is 13.1. The maximum Gasteiger partial charge on any atom is 0.230 e. The molecule has 0 radical (unpaired) electrons. The Bertz CT molecular complexity index is 1030. The van der Waals surface area contributed by atoms with Gasteiger partial charge >= 0.3 is 0 Å². The van der Waals surface area contributed by atoms with Gasteiger partial charge in [0, 0.05) is 13.0 Å². The highest BCUT2D eigenvalue weighted by Crippen LogP contribution is 2.35. The minimum Gasteiger partial charge on any atom is -0.370 e. The van der Waals surface area contributed by atoms with E-state index in [1.54, 1.807) is 42.5 Å². The number of likely N-dealkylation sites (tertiary alicyclic amines) is 1. The summed E-state index contributed by atoms with van der Waals surface area (Å²) in [5.74, 6) is -2.34. The number of aryl methyl sites for hydroxylation is 1. The Labute approximate surface area is 188 Å². The number of unbranched alkanes of at least 4 members (excludes halogenated alkanes) is 3.